The van der Waals surface area contributed by atoms with E-state index in [-0.39, 0.29) is 47.2 Å². The minimum absolute atomic E-state index is 0.00463. The van der Waals surface area contributed by atoms with Crippen molar-refractivity contribution in [2.75, 3.05) is 13.7 Å². The van der Waals surface area contributed by atoms with Gasteiger partial charge in [-0.1, -0.05) is 18.6 Å². The molecule has 1 heterocycles. The number of benzene rings is 1. The summed E-state index contributed by atoms with van der Waals surface area (Å²) < 4.78 is 5.94. The summed E-state index contributed by atoms with van der Waals surface area (Å²) in [6.07, 6.45) is 4.74. The smallest absolute Gasteiger partial charge is 0.233 e. The molecular weight excluding hydrogens is 561 g/mol. The predicted octanol–water partition coefficient (Wildman–Crippen LogP) is 3.84. The molecule has 4 unspecified atom stereocenters. The lowest BCUT2D eigenvalue weighted by Crippen LogP contribution is -2.39. The first-order valence-corrected chi connectivity index (χ1v) is 12.9. The van der Waals surface area contributed by atoms with E-state index in [1.807, 2.05) is 35.6 Å². The number of rotatable bonds is 4. The highest BCUT2D eigenvalue weighted by Crippen LogP contribution is 2.55. The molecule has 1 saturated heterocycles. The van der Waals surface area contributed by atoms with Crippen molar-refractivity contribution in [1.82, 2.24) is 4.90 Å². The fourth-order valence-corrected chi connectivity index (χ4v) is 6.79. The number of phenolic OH excluding ortho intramolecular Hbond substituents is 1. The van der Waals surface area contributed by atoms with Crippen molar-refractivity contribution in [2.45, 2.75) is 39.0 Å². The minimum Gasteiger partial charge on any atom is -0.504 e. The molecule has 1 fully saturated rings. The molecule has 0 radical (unpaired) electrons. The van der Waals surface area contributed by atoms with E-state index < -0.39 is 17.8 Å². The van der Waals surface area contributed by atoms with Crippen LogP contribution in [0.4, 0.5) is 0 Å². The van der Waals surface area contributed by atoms with E-state index in [1.165, 1.54) is 18.1 Å². The molecule has 7 nitrogen and oxygen atoms in total. The number of carbonyl (C=O) groups excluding carboxylic acids is 4. The summed E-state index contributed by atoms with van der Waals surface area (Å²) in [7, 11) is 1.46. The van der Waals surface area contributed by atoms with Crippen LogP contribution in [0, 0.1) is 21.3 Å². The highest BCUT2D eigenvalue weighted by Gasteiger charge is 2.56. The van der Waals surface area contributed by atoms with Gasteiger partial charge in [0.05, 0.1) is 22.5 Å². The van der Waals surface area contributed by atoms with Crippen molar-refractivity contribution in [2.24, 2.45) is 17.8 Å². The molecule has 4 atom stereocenters. The quantitative estimate of drug-likeness (QED) is 0.249. The van der Waals surface area contributed by atoms with E-state index in [9.17, 15) is 24.3 Å². The van der Waals surface area contributed by atoms with Gasteiger partial charge in [0.25, 0.3) is 0 Å². The molecule has 4 aliphatic rings. The number of allylic oxidation sites excluding steroid dienone is 6. The van der Waals surface area contributed by atoms with Crippen molar-refractivity contribution in [3.63, 3.8) is 0 Å². The standard InChI is InChI=1S/C27H26INO6/c1-4-7-29-26(33)15-6-5-14-16(22(15)27(29)34)11-17-19(30)8-12(2)24(31)23(17)21(14)13-9-18(28)25(32)20(10-13)35-3/h5,8-10,15-16,21-22,32H,4,6-7,11H2,1-3H3. The number of aromatic hydroxyl groups is 1. The van der Waals surface area contributed by atoms with Crippen molar-refractivity contribution in [1.29, 1.82) is 0 Å². The summed E-state index contributed by atoms with van der Waals surface area (Å²) >= 11 is 2.01. The second-order valence-corrected chi connectivity index (χ2v) is 10.8. The fraction of sp³-hybridized carbons (Fsp3) is 0.407. The van der Waals surface area contributed by atoms with Crippen LogP contribution in [-0.2, 0) is 19.2 Å². The first kappa shape index (κ1) is 24.0. The van der Waals surface area contributed by atoms with Crippen molar-refractivity contribution < 1.29 is 29.0 Å². The third-order valence-corrected chi connectivity index (χ3v) is 8.53. The van der Waals surface area contributed by atoms with E-state index in [4.69, 9.17) is 4.74 Å². The third kappa shape index (κ3) is 3.51. The molecule has 1 aromatic rings. The van der Waals surface area contributed by atoms with Crippen LogP contribution < -0.4 is 4.74 Å². The lowest BCUT2D eigenvalue weighted by Gasteiger charge is -2.42. The van der Waals surface area contributed by atoms with Crippen molar-refractivity contribution in [3.05, 3.63) is 55.7 Å². The number of carbonyl (C=O) groups is 4. The Labute approximate surface area is 217 Å². The summed E-state index contributed by atoms with van der Waals surface area (Å²) in [5, 5.41) is 10.4. The Morgan fingerprint density at radius 2 is 1.89 bits per heavy atom. The number of ether oxygens (including phenoxy) is 1. The van der Waals surface area contributed by atoms with Gasteiger partial charge in [0.15, 0.2) is 23.1 Å². The van der Waals surface area contributed by atoms with Gasteiger partial charge >= 0.3 is 0 Å². The Morgan fingerprint density at radius 3 is 2.57 bits per heavy atom. The Kier molecular flexibility index (Phi) is 5.97. The molecule has 3 aliphatic carbocycles. The third-order valence-electron chi connectivity index (χ3n) is 7.71. The van der Waals surface area contributed by atoms with Crippen LogP contribution >= 0.6 is 22.6 Å². The number of amides is 2. The lowest BCUT2D eigenvalue weighted by molar-refractivity contribution is -0.140. The first-order valence-electron chi connectivity index (χ1n) is 11.8. The van der Waals surface area contributed by atoms with E-state index in [1.54, 1.807) is 19.1 Å². The van der Waals surface area contributed by atoms with Crippen LogP contribution in [0.25, 0.3) is 0 Å². The molecule has 0 spiro atoms. The fourth-order valence-electron chi connectivity index (χ4n) is 6.17. The molecule has 1 N–H and O–H groups in total. The summed E-state index contributed by atoms with van der Waals surface area (Å²) in [5.41, 5.74) is 2.84. The van der Waals surface area contributed by atoms with Gasteiger partial charge in [0.2, 0.25) is 11.8 Å². The number of phenols is 1. The summed E-state index contributed by atoms with van der Waals surface area (Å²) in [5.74, 6) is -2.34. The van der Waals surface area contributed by atoms with Gasteiger partial charge in [-0.15, -0.1) is 0 Å². The highest BCUT2D eigenvalue weighted by molar-refractivity contribution is 14.1. The number of Topliss-reactive ketones (excluding diaryl/α,β-unsaturated/α-hetero) is 1. The number of hydrogen-bond acceptors (Lipinski definition) is 6. The van der Waals surface area contributed by atoms with Gasteiger partial charge in [-0.3, -0.25) is 24.1 Å². The number of halogens is 1. The van der Waals surface area contributed by atoms with Gasteiger partial charge in [-0.2, -0.15) is 0 Å². The van der Waals surface area contributed by atoms with Crippen LogP contribution in [0.15, 0.2) is 46.6 Å². The lowest BCUT2D eigenvalue weighted by atomic mass is 9.59. The maximum absolute atomic E-state index is 13.4. The summed E-state index contributed by atoms with van der Waals surface area (Å²) in [6.45, 7) is 3.96. The Morgan fingerprint density at radius 1 is 1.14 bits per heavy atom. The molecule has 35 heavy (non-hydrogen) atoms. The number of likely N-dealkylation sites (tertiary alicyclic amines) is 1. The van der Waals surface area contributed by atoms with E-state index in [2.05, 4.69) is 0 Å². The van der Waals surface area contributed by atoms with Gasteiger partial charge in [0.1, 0.15) is 0 Å². The molecule has 0 aromatic heterocycles. The van der Waals surface area contributed by atoms with E-state index in [0.29, 0.717) is 45.2 Å². The topological polar surface area (TPSA) is 101 Å². The van der Waals surface area contributed by atoms with Crippen LogP contribution in [0.3, 0.4) is 0 Å². The maximum atomic E-state index is 13.4. The summed E-state index contributed by atoms with van der Waals surface area (Å²) in [6, 6.07) is 3.48. The Balaban J connectivity index is 1.70. The van der Waals surface area contributed by atoms with E-state index >= 15 is 0 Å². The largest absolute Gasteiger partial charge is 0.504 e. The zero-order valence-electron chi connectivity index (χ0n) is 19.8. The molecule has 1 aliphatic heterocycles. The van der Waals surface area contributed by atoms with Gasteiger partial charge in [-0.25, -0.2) is 0 Å². The number of fused-ring (bicyclic) bond motifs is 3. The average molecular weight is 587 g/mol. The second kappa shape index (κ2) is 8.72. The van der Waals surface area contributed by atoms with E-state index in [0.717, 1.165) is 5.57 Å². The number of methoxy groups -OCH3 is 1. The average Bonchev–Trinajstić information content (AvgIpc) is 3.08. The zero-order valence-corrected chi connectivity index (χ0v) is 21.9. The first-order chi connectivity index (χ1) is 16.7. The molecule has 2 amide bonds. The number of nitrogens with zero attached hydrogens (tertiary/aromatic N) is 1. The van der Waals surface area contributed by atoms with Crippen molar-refractivity contribution in [3.8, 4) is 11.5 Å². The van der Waals surface area contributed by atoms with Crippen LogP contribution in [0.5, 0.6) is 11.5 Å². The minimum atomic E-state index is -0.559. The Bertz CT molecular complexity index is 1290. The normalized spacial score (nSPS) is 27.9. The predicted molar refractivity (Wildman–Crippen MR) is 136 cm³/mol. The van der Waals surface area contributed by atoms with Crippen LogP contribution in [0.1, 0.15) is 44.6 Å². The molecule has 8 heteroatoms. The van der Waals surface area contributed by atoms with Crippen LogP contribution in [-0.4, -0.2) is 47.0 Å². The molecule has 5 rings (SSSR count). The summed E-state index contributed by atoms with van der Waals surface area (Å²) in [4.78, 5) is 54.5. The zero-order chi connectivity index (χ0) is 25.2. The molecule has 0 bridgehead atoms. The van der Waals surface area contributed by atoms with Gasteiger partial charge < -0.3 is 9.84 Å². The number of imide groups is 1. The maximum Gasteiger partial charge on any atom is 0.233 e. The van der Waals surface area contributed by atoms with Crippen molar-refractivity contribution >= 4 is 46.0 Å². The number of ketones is 2. The molecule has 182 valence electrons. The SMILES string of the molecule is CCCN1C(=O)C2CC=C3C(c4cc(I)c(O)c(OC)c4)C4=C(CC3C2C1=O)C(=O)C=C(C)C4=O. The molecular formula is C27H26INO6. The number of hydrogen-bond donors (Lipinski definition) is 1. The van der Waals surface area contributed by atoms with Gasteiger partial charge in [-0.05, 0) is 78.5 Å². The van der Waals surface area contributed by atoms with Gasteiger partial charge in [0, 0.05) is 29.2 Å². The van der Waals surface area contributed by atoms with Crippen LogP contribution in [0.2, 0.25) is 0 Å². The monoisotopic (exact) mass is 587 g/mol. The molecule has 1 aromatic carbocycles. The highest BCUT2D eigenvalue weighted by atomic mass is 127. The Hall–Kier alpha value is -2.75. The second-order valence-electron chi connectivity index (χ2n) is 9.61. The molecule has 0 saturated carbocycles.